The molecule has 0 bridgehead atoms. The minimum atomic E-state index is -1.95. The molecule has 2 saturated heterocycles. The highest BCUT2D eigenvalue weighted by Crippen LogP contribution is 2.28. The molecule has 0 radical (unpaired) electrons. The van der Waals surface area contributed by atoms with Gasteiger partial charge in [-0.05, 0) is 31.2 Å². The number of morpholine rings is 1. The molecule has 0 N–H and O–H groups in total. The van der Waals surface area contributed by atoms with E-state index in [1.54, 1.807) is 0 Å². The lowest BCUT2D eigenvalue weighted by molar-refractivity contribution is -0.154. The van der Waals surface area contributed by atoms with E-state index in [2.05, 4.69) is 0 Å². The quantitative estimate of drug-likeness (QED) is 0.807. The van der Waals surface area contributed by atoms with Crippen molar-refractivity contribution in [1.29, 1.82) is 0 Å². The Morgan fingerprint density at radius 3 is 2.54 bits per heavy atom. The second-order valence-electron chi connectivity index (χ2n) is 7.13. The Morgan fingerprint density at radius 2 is 1.81 bits per heavy atom. The van der Waals surface area contributed by atoms with Crippen LogP contribution in [0.4, 0.5) is 4.39 Å². The number of piperidine rings is 1. The number of nitrogens with zero attached hydrogens (tertiary/aromatic N) is 2. The van der Waals surface area contributed by atoms with Gasteiger partial charge in [0, 0.05) is 26.1 Å². The molecule has 3 rings (SSSR count). The first-order chi connectivity index (χ1) is 12.6. The summed E-state index contributed by atoms with van der Waals surface area (Å²) in [6, 6.07) is 10.0. The summed E-state index contributed by atoms with van der Waals surface area (Å²) in [5, 5.41) is 0. The fourth-order valence-corrected chi connectivity index (χ4v) is 3.69. The average molecular weight is 362 g/mol. The molecule has 0 saturated carbocycles. The molecule has 1 aromatic carbocycles. The lowest BCUT2D eigenvalue weighted by Crippen LogP contribution is -2.58. The van der Waals surface area contributed by atoms with Gasteiger partial charge in [-0.15, -0.1) is 0 Å². The van der Waals surface area contributed by atoms with Gasteiger partial charge in [0.2, 0.25) is 11.6 Å². The first kappa shape index (κ1) is 18.8. The lowest BCUT2D eigenvalue weighted by atomic mass is 9.92. The van der Waals surface area contributed by atoms with Crippen LogP contribution in [0.5, 0.6) is 0 Å². The zero-order valence-electron chi connectivity index (χ0n) is 15.2. The summed E-state index contributed by atoms with van der Waals surface area (Å²) in [6.45, 7) is 2.17. The van der Waals surface area contributed by atoms with E-state index in [0.717, 1.165) is 12.8 Å². The fraction of sp³-hybridized carbons (Fsp3) is 0.600. The molecule has 2 amide bonds. The van der Waals surface area contributed by atoms with Crippen molar-refractivity contribution in [2.24, 2.45) is 0 Å². The molecule has 1 aromatic rings. The third-order valence-corrected chi connectivity index (χ3v) is 5.18. The number of halogens is 1. The van der Waals surface area contributed by atoms with Crippen molar-refractivity contribution >= 4 is 11.8 Å². The summed E-state index contributed by atoms with van der Waals surface area (Å²) in [6.07, 6.45) is 2.66. The molecule has 2 aliphatic rings. The molecule has 0 aromatic heterocycles. The van der Waals surface area contributed by atoms with Crippen LogP contribution in [-0.4, -0.2) is 66.7 Å². The summed E-state index contributed by atoms with van der Waals surface area (Å²) in [7, 11) is 0. The topological polar surface area (TPSA) is 49.9 Å². The van der Waals surface area contributed by atoms with Gasteiger partial charge >= 0.3 is 0 Å². The van der Waals surface area contributed by atoms with Crippen LogP contribution in [0.2, 0.25) is 0 Å². The summed E-state index contributed by atoms with van der Waals surface area (Å²) < 4.78 is 20.6. The van der Waals surface area contributed by atoms with Crippen molar-refractivity contribution in [2.75, 3.05) is 39.4 Å². The van der Waals surface area contributed by atoms with Gasteiger partial charge in [0.1, 0.15) is 0 Å². The van der Waals surface area contributed by atoms with E-state index in [1.807, 2.05) is 30.3 Å². The summed E-state index contributed by atoms with van der Waals surface area (Å²) in [5.41, 5.74) is -0.758. The Kier molecular flexibility index (Phi) is 6.25. The molecular formula is C20H27FN2O3. The molecule has 0 spiro atoms. The van der Waals surface area contributed by atoms with Gasteiger partial charge in [-0.3, -0.25) is 9.59 Å². The third-order valence-electron chi connectivity index (χ3n) is 5.18. The number of likely N-dealkylation sites (tertiary alicyclic amines) is 1. The summed E-state index contributed by atoms with van der Waals surface area (Å²) in [5.74, 6) is -0.542. The fourth-order valence-electron chi connectivity index (χ4n) is 3.69. The summed E-state index contributed by atoms with van der Waals surface area (Å²) >= 11 is 0. The zero-order chi connectivity index (χ0) is 18.4. The van der Waals surface area contributed by atoms with E-state index < -0.39 is 11.6 Å². The van der Waals surface area contributed by atoms with Crippen LogP contribution in [0.15, 0.2) is 30.3 Å². The maximum atomic E-state index is 15.3. The first-order valence-electron chi connectivity index (χ1n) is 9.46. The maximum absolute atomic E-state index is 15.3. The number of benzene rings is 1. The Labute approximate surface area is 154 Å². The Hall–Kier alpha value is -1.95. The predicted octanol–water partition coefficient (Wildman–Crippen LogP) is 2.20. The highest BCUT2D eigenvalue weighted by molar-refractivity contribution is 5.87. The van der Waals surface area contributed by atoms with Crippen molar-refractivity contribution < 1.29 is 18.7 Å². The normalized spacial score (nSPS) is 23.7. The van der Waals surface area contributed by atoms with Gasteiger partial charge < -0.3 is 14.5 Å². The number of alkyl halides is 1. The number of rotatable bonds is 5. The number of carbonyl (C=O) groups excluding carboxylic acids is 2. The Morgan fingerprint density at radius 1 is 1.08 bits per heavy atom. The lowest BCUT2D eigenvalue weighted by Gasteiger charge is -2.40. The van der Waals surface area contributed by atoms with Crippen molar-refractivity contribution in [3.8, 4) is 0 Å². The summed E-state index contributed by atoms with van der Waals surface area (Å²) in [4.78, 5) is 28.2. The van der Waals surface area contributed by atoms with Crippen LogP contribution in [-0.2, 0) is 20.7 Å². The number of carbonyl (C=O) groups is 2. The van der Waals surface area contributed by atoms with E-state index in [-0.39, 0.29) is 18.9 Å². The van der Waals surface area contributed by atoms with Gasteiger partial charge in [-0.1, -0.05) is 30.3 Å². The third kappa shape index (κ3) is 4.61. The molecule has 1 unspecified atom stereocenters. The van der Waals surface area contributed by atoms with Gasteiger partial charge in [0.15, 0.2) is 0 Å². The van der Waals surface area contributed by atoms with Gasteiger partial charge in [0.05, 0.1) is 19.8 Å². The number of hydrogen-bond acceptors (Lipinski definition) is 3. The smallest absolute Gasteiger partial charge is 0.262 e. The molecule has 0 aliphatic carbocycles. The molecular weight excluding hydrogens is 335 g/mol. The molecule has 5 nitrogen and oxygen atoms in total. The van der Waals surface area contributed by atoms with Crippen LogP contribution in [0.3, 0.4) is 0 Å². The average Bonchev–Trinajstić information content (AvgIpc) is 2.69. The van der Waals surface area contributed by atoms with E-state index in [0.29, 0.717) is 45.7 Å². The minimum Gasteiger partial charge on any atom is -0.378 e. The van der Waals surface area contributed by atoms with Crippen LogP contribution in [0.25, 0.3) is 0 Å². The number of aryl methyl sites for hydroxylation is 1. The standard InChI is InChI=1S/C20H27FN2O3/c21-20(19(25)22-12-14-26-15-13-22)10-5-11-23(16-20)18(24)9-4-8-17-6-2-1-3-7-17/h1-3,6-7H,4-5,8-16H2. The van der Waals surface area contributed by atoms with Crippen molar-refractivity contribution in [3.05, 3.63) is 35.9 Å². The molecule has 1 atom stereocenters. The monoisotopic (exact) mass is 362 g/mol. The molecule has 2 heterocycles. The van der Waals surface area contributed by atoms with Gasteiger partial charge in [-0.25, -0.2) is 4.39 Å². The van der Waals surface area contributed by atoms with E-state index in [9.17, 15) is 9.59 Å². The molecule has 142 valence electrons. The molecule has 26 heavy (non-hydrogen) atoms. The highest BCUT2D eigenvalue weighted by Gasteiger charge is 2.46. The molecule has 2 aliphatic heterocycles. The van der Waals surface area contributed by atoms with Crippen LogP contribution in [0.1, 0.15) is 31.2 Å². The number of ether oxygens (including phenoxy) is 1. The predicted molar refractivity (Wildman–Crippen MR) is 96.4 cm³/mol. The second-order valence-corrected chi connectivity index (χ2v) is 7.13. The number of amides is 2. The Bertz CT molecular complexity index is 619. The van der Waals surface area contributed by atoms with E-state index >= 15 is 4.39 Å². The van der Waals surface area contributed by atoms with Gasteiger partial charge in [-0.2, -0.15) is 0 Å². The van der Waals surface area contributed by atoms with Crippen molar-refractivity contribution in [3.63, 3.8) is 0 Å². The Balaban J connectivity index is 1.51. The van der Waals surface area contributed by atoms with E-state index in [1.165, 1.54) is 15.4 Å². The first-order valence-corrected chi connectivity index (χ1v) is 9.46. The SMILES string of the molecule is O=C(CCCc1ccccc1)N1CCCC(F)(C(=O)N2CCOCC2)C1. The van der Waals surface area contributed by atoms with E-state index in [4.69, 9.17) is 4.74 Å². The van der Waals surface area contributed by atoms with Crippen molar-refractivity contribution in [1.82, 2.24) is 9.80 Å². The minimum absolute atomic E-state index is 0.0579. The van der Waals surface area contributed by atoms with Gasteiger partial charge in [0.25, 0.3) is 5.91 Å². The number of hydrogen-bond donors (Lipinski definition) is 0. The zero-order valence-corrected chi connectivity index (χ0v) is 15.2. The van der Waals surface area contributed by atoms with Crippen LogP contribution in [0, 0.1) is 0 Å². The maximum Gasteiger partial charge on any atom is 0.262 e. The molecule has 6 heteroatoms. The van der Waals surface area contributed by atoms with Crippen molar-refractivity contribution in [2.45, 2.75) is 37.8 Å². The van der Waals surface area contributed by atoms with Crippen LogP contribution < -0.4 is 0 Å². The largest absolute Gasteiger partial charge is 0.378 e. The second kappa shape index (κ2) is 8.62. The van der Waals surface area contributed by atoms with Crippen LogP contribution >= 0.6 is 0 Å². The molecule has 2 fully saturated rings. The highest BCUT2D eigenvalue weighted by atomic mass is 19.1.